The van der Waals surface area contributed by atoms with Gasteiger partial charge in [0.05, 0.1) is 6.54 Å². The lowest BCUT2D eigenvalue weighted by molar-refractivity contribution is -0.140. The van der Waals surface area contributed by atoms with E-state index in [4.69, 9.17) is 23.2 Å². The first-order valence-electron chi connectivity index (χ1n) is 9.91. The van der Waals surface area contributed by atoms with E-state index in [2.05, 4.69) is 12.2 Å². The van der Waals surface area contributed by atoms with Crippen LogP contribution >= 0.6 is 34.5 Å². The molecule has 1 aromatic heterocycles. The molecule has 3 rings (SSSR count). The number of nitrogens with one attached hydrogen (secondary N) is 1. The van der Waals surface area contributed by atoms with Gasteiger partial charge in [0, 0.05) is 15.9 Å². The summed E-state index contributed by atoms with van der Waals surface area (Å²) in [5, 5.41) is 5.73. The van der Waals surface area contributed by atoms with E-state index in [1.807, 2.05) is 17.5 Å². The molecule has 0 radical (unpaired) electrons. The van der Waals surface area contributed by atoms with Gasteiger partial charge in [0.25, 0.3) is 0 Å². The van der Waals surface area contributed by atoms with E-state index in [0.29, 0.717) is 17.5 Å². The Morgan fingerprint density at radius 1 is 1.17 bits per heavy atom. The number of halogens is 2. The molecule has 4 nitrogen and oxygen atoms in total. The Labute approximate surface area is 186 Å². The standard InChI is InChI=1S/C22H26Cl2N2O2S/c1-15-4-10-18(11-5-15)25-22(28)21(16-6-8-17(24)9-7-16)26(20(27)13-23)14-19-3-2-12-29-19/h2-3,6-9,12,15,18,21H,4-5,10-11,13-14H2,1H3,(H,25,28). The van der Waals surface area contributed by atoms with Gasteiger partial charge in [0.1, 0.15) is 11.9 Å². The van der Waals surface area contributed by atoms with Gasteiger partial charge in [-0.1, -0.05) is 36.7 Å². The number of amides is 2. The van der Waals surface area contributed by atoms with Crippen molar-refractivity contribution in [1.82, 2.24) is 10.2 Å². The second-order valence-corrected chi connectivity index (χ2v) is 9.39. The lowest BCUT2D eigenvalue weighted by Crippen LogP contribution is -2.47. The van der Waals surface area contributed by atoms with E-state index < -0.39 is 6.04 Å². The largest absolute Gasteiger partial charge is 0.351 e. The first-order valence-corrected chi connectivity index (χ1v) is 11.7. The van der Waals surface area contributed by atoms with Crippen LogP contribution in [0.15, 0.2) is 41.8 Å². The molecule has 29 heavy (non-hydrogen) atoms. The Hall–Kier alpha value is -1.56. The van der Waals surface area contributed by atoms with Crippen molar-refractivity contribution in [2.75, 3.05) is 5.88 Å². The first kappa shape index (κ1) is 22.1. The van der Waals surface area contributed by atoms with Crippen molar-refractivity contribution >= 4 is 46.4 Å². The zero-order valence-corrected chi connectivity index (χ0v) is 18.8. The molecule has 7 heteroatoms. The number of hydrogen-bond donors (Lipinski definition) is 1. The molecule has 0 saturated heterocycles. The third kappa shape index (κ3) is 5.97. The summed E-state index contributed by atoms with van der Waals surface area (Å²) in [6.45, 7) is 2.59. The SMILES string of the molecule is CC1CCC(NC(=O)C(c2ccc(Cl)cc2)N(Cc2cccs2)C(=O)CCl)CC1. The highest BCUT2D eigenvalue weighted by Crippen LogP contribution is 2.29. The third-order valence-corrected chi connectivity index (χ3v) is 6.79. The Morgan fingerprint density at radius 3 is 2.45 bits per heavy atom. The van der Waals surface area contributed by atoms with Crippen molar-refractivity contribution < 1.29 is 9.59 Å². The van der Waals surface area contributed by atoms with Crippen molar-refractivity contribution in [3.63, 3.8) is 0 Å². The molecule has 1 aliphatic carbocycles. The lowest BCUT2D eigenvalue weighted by Gasteiger charge is -2.33. The van der Waals surface area contributed by atoms with Crippen LogP contribution in [0.5, 0.6) is 0 Å². The van der Waals surface area contributed by atoms with Gasteiger partial charge in [0.15, 0.2) is 0 Å². The Kier molecular flexibility index (Phi) is 7.99. The predicted octanol–water partition coefficient (Wildman–Crippen LogP) is 5.41. The normalized spacial score (nSPS) is 20.1. The Balaban J connectivity index is 1.88. The summed E-state index contributed by atoms with van der Waals surface area (Å²) in [7, 11) is 0. The van der Waals surface area contributed by atoms with Gasteiger partial charge < -0.3 is 10.2 Å². The number of carbonyl (C=O) groups excluding carboxylic acids is 2. The van der Waals surface area contributed by atoms with Crippen LogP contribution in [0.3, 0.4) is 0 Å². The van der Waals surface area contributed by atoms with Crippen LogP contribution in [-0.2, 0) is 16.1 Å². The molecule has 1 N–H and O–H groups in total. The molecule has 1 heterocycles. The molecule has 2 aromatic rings. The van der Waals surface area contributed by atoms with Gasteiger partial charge in [-0.25, -0.2) is 0 Å². The second-order valence-electron chi connectivity index (χ2n) is 7.65. The van der Waals surface area contributed by atoms with Crippen LogP contribution in [0.1, 0.15) is 49.1 Å². The number of benzene rings is 1. The molecule has 1 atom stereocenters. The van der Waals surface area contributed by atoms with E-state index in [0.717, 1.165) is 36.1 Å². The van der Waals surface area contributed by atoms with E-state index in [9.17, 15) is 9.59 Å². The molecule has 1 unspecified atom stereocenters. The maximum atomic E-state index is 13.4. The van der Waals surface area contributed by atoms with E-state index in [-0.39, 0.29) is 23.7 Å². The monoisotopic (exact) mass is 452 g/mol. The highest BCUT2D eigenvalue weighted by Gasteiger charge is 2.33. The average Bonchev–Trinajstić information content (AvgIpc) is 3.23. The van der Waals surface area contributed by atoms with Crippen LogP contribution in [0.25, 0.3) is 0 Å². The first-order chi connectivity index (χ1) is 14.0. The fourth-order valence-electron chi connectivity index (χ4n) is 3.77. The number of hydrogen-bond acceptors (Lipinski definition) is 3. The molecular formula is C22H26Cl2N2O2S. The smallest absolute Gasteiger partial charge is 0.247 e. The highest BCUT2D eigenvalue weighted by atomic mass is 35.5. The predicted molar refractivity (Wildman–Crippen MR) is 119 cm³/mol. The molecule has 1 aliphatic rings. The maximum absolute atomic E-state index is 13.4. The molecule has 1 saturated carbocycles. The molecule has 1 fully saturated rings. The van der Waals surface area contributed by atoms with Crippen LogP contribution in [-0.4, -0.2) is 28.6 Å². The minimum Gasteiger partial charge on any atom is -0.351 e. The van der Waals surface area contributed by atoms with Gasteiger partial charge in [-0.05, 0) is 60.7 Å². The maximum Gasteiger partial charge on any atom is 0.247 e. The minimum atomic E-state index is -0.750. The molecule has 0 spiro atoms. The van der Waals surface area contributed by atoms with Crippen molar-refractivity contribution in [1.29, 1.82) is 0 Å². The summed E-state index contributed by atoms with van der Waals surface area (Å²) < 4.78 is 0. The summed E-state index contributed by atoms with van der Waals surface area (Å²) >= 11 is 13.5. The zero-order chi connectivity index (χ0) is 20.8. The summed E-state index contributed by atoms with van der Waals surface area (Å²) in [5.74, 6) is 0.0849. The summed E-state index contributed by atoms with van der Waals surface area (Å²) in [4.78, 5) is 28.7. The third-order valence-electron chi connectivity index (χ3n) is 5.45. The van der Waals surface area contributed by atoms with Crippen molar-refractivity contribution in [2.24, 2.45) is 5.92 Å². The fourth-order valence-corrected chi connectivity index (χ4v) is 4.76. The minimum absolute atomic E-state index is 0.142. The van der Waals surface area contributed by atoms with Gasteiger partial charge in [0.2, 0.25) is 11.8 Å². The molecule has 1 aromatic carbocycles. The van der Waals surface area contributed by atoms with E-state index in [1.165, 1.54) is 0 Å². The fraction of sp³-hybridized carbons (Fsp3) is 0.455. The quantitative estimate of drug-likeness (QED) is 0.571. The molecule has 0 bridgehead atoms. The number of carbonyl (C=O) groups is 2. The summed E-state index contributed by atoms with van der Waals surface area (Å²) in [5.41, 5.74) is 0.728. The van der Waals surface area contributed by atoms with Crippen molar-refractivity contribution in [3.8, 4) is 0 Å². The van der Waals surface area contributed by atoms with Crippen LogP contribution in [0, 0.1) is 5.92 Å². The summed E-state index contributed by atoms with van der Waals surface area (Å²) in [6, 6.07) is 10.4. The second kappa shape index (κ2) is 10.5. The molecular weight excluding hydrogens is 427 g/mol. The van der Waals surface area contributed by atoms with Crippen LogP contribution < -0.4 is 5.32 Å². The molecule has 156 valence electrons. The highest BCUT2D eigenvalue weighted by molar-refractivity contribution is 7.09. The summed E-state index contributed by atoms with van der Waals surface area (Å²) in [6.07, 6.45) is 4.15. The van der Waals surface area contributed by atoms with Crippen molar-refractivity contribution in [2.45, 2.75) is 51.2 Å². The molecule has 0 aliphatic heterocycles. The molecule has 2 amide bonds. The zero-order valence-electron chi connectivity index (χ0n) is 16.4. The number of nitrogens with zero attached hydrogens (tertiary/aromatic N) is 1. The Bertz CT molecular complexity index is 803. The van der Waals surface area contributed by atoms with Gasteiger partial charge >= 0.3 is 0 Å². The lowest BCUT2D eigenvalue weighted by atomic mass is 9.87. The van der Waals surface area contributed by atoms with Crippen molar-refractivity contribution in [3.05, 3.63) is 57.2 Å². The topological polar surface area (TPSA) is 49.4 Å². The van der Waals surface area contributed by atoms with E-state index in [1.54, 1.807) is 40.5 Å². The number of rotatable bonds is 7. The number of thiophene rings is 1. The van der Waals surface area contributed by atoms with Gasteiger partial charge in [-0.3, -0.25) is 9.59 Å². The number of alkyl halides is 1. The van der Waals surface area contributed by atoms with Crippen LogP contribution in [0.2, 0.25) is 5.02 Å². The van der Waals surface area contributed by atoms with Crippen LogP contribution in [0.4, 0.5) is 0 Å². The average molecular weight is 453 g/mol. The van der Waals surface area contributed by atoms with E-state index >= 15 is 0 Å². The Morgan fingerprint density at radius 2 is 1.86 bits per heavy atom. The van der Waals surface area contributed by atoms with Gasteiger partial charge in [-0.2, -0.15) is 0 Å². The van der Waals surface area contributed by atoms with Gasteiger partial charge in [-0.15, -0.1) is 22.9 Å².